The van der Waals surface area contributed by atoms with Crippen molar-refractivity contribution >= 4 is 5.91 Å². The molecule has 6 heteroatoms. The van der Waals surface area contributed by atoms with Crippen LogP contribution in [0, 0.1) is 18.6 Å². The van der Waals surface area contributed by atoms with Crippen molar-refractivity contribution < 1.29 is 13.6 Å². The molecule has 0 aliphatic heterocycles. The molecule has 0 aliphatic carbocycles. The highest BCUT2D eigenvalue weighted by molar-refractivity contribution is 5.94. The van der Waals surface area contributed by atoms with Gasteiger partial charge in [0.2, 0.25) is 0 Å². The number of aromatic amines is 1. The molecule has 1 aromatic carbocycles. The number of nitrogens with zero attached hydrogens (tertiary/aromatic N) is 2. The first-order chi connectivity index (χ1) is 8.99. The zero-order valence-electron chi connectivity index (χ0n) is 10.6. The molecule has 0 saturated carbocycles. The van der Waals surface area contributed by atoms with Gasteiger partial charge in [0, 0.05) is 30.9 Å². The van der Waals surface area contributed by atoms with Crippen molar-refractivity contribution in [2.45, 2.75) is 13.5 Å². The SMILES string of the molecule is Cc1[nH]ncc1C(=O)N(C)Cc1ccc(F)cc1F. The Balaban J connectivity index is 2.15. The number of hydrogen-bond donors (Lipinski definition) is 1. The Labute approximate surface area is 109 Å². The molecule has 0 saturated heterocycles. The van der Waals surface area contributed by atoms with Crippen LogP contribution in [0.25, 0.3) is 0 Å². The normalized spacial score (nSPS) is 10.5. The van der Waals surface area contributed by atoms with Crippen LogP contribution in [0.2, 0.25) is 0 Å². The van der Waals surface area contributed by atoms with Crippen LogP contribution in [0.4, 0.5) is 8.78 Å². The van der Waals surface area contributed by atoms with Gasteiger partial charge < -0.3 is 4.90 Å². The van der Waals surface area contributed by atoms with E-state index in [0.717, 1.165) is 6.07 Å². The standard InChI is InChI=1S/C13H13F2N3O/c1-8-11(6-16-17-8)13(19)18(2)7-9-3-4-10(14)5-12(9)15/h3-6H,7H2,1-2H3,(H,16,17). The molecule has 0 aliphatic rings. The summed E-state index contributed by atoms with van der Waals surface area (Å²) in [6.45, 7) is 1.79. The van der Waals surface area contributed by atoms with Crippen molar-refractivity contribution in [3.05, 3.63) is 52.9 Å². The lowest BCUT2D eigenvalue weighted by molar-refractivity contribution is 0.0783. The van der Waals surface area contributed by atoms with E-state index < -0.39 is 11.6 Å². The van der Waals surface area contributed by atoms with E-state index in [0.29, 0.717) is 11.3 Å². The quantitative estimate of drug-likeness (QED) is 0.925. The summed E-state index contributed by atoms with van der Waals surface area (Å²) in [7, 11) is 1.55. The van der Waals surface area contributed by atoms with E-state index >= 15 is 0 Å². The van der Waals surface area contributed by atoms with Crippen LogP contribution in [0.15, 0.2) is 24.4 Å². The number of H-pyrrole nitrogens is 1. The maximum Gasteiger partial charge on any atom is 0.257 e. The molecule has 0 atom stereocenters. The average Bonchev–Trinajstić information content (AvgIpc) is 2.78. The molecule has 1 N–H and O–H groups in total. The predicted molar refractivity (Wildman–Crippen MR) is 65.5 cm³/mol. The molecule has 0 unspecified atom stereocenters. The Bertz CT molecular complexity index is 610. The van der Waals surface area contributed by atoms with Gasteiger partial charge in [-0.15, -0.1) is 0 Å². The van der Waals surface area contributed by atoms with Gasteiger partial charge >= 0.3 is 0 Å². The zero-order valence-corrected chi connectivity index (χ0v) is 10.6. The number of aromatic nitrogens is 2. The van der Waals surface area contributed by atoms with Gasteiger partial charge in [0.05, 0.1) is 11.8 Å². The van der Waals surface area contributed by atoms with Crippen molar-refractivity contribution in [1.29, 1.82) is 0 Å². The van der Waals surface area contributed by atoms with E-state index in [1.165, 1.54) is 23.2 Å². The van der Waals surface area contributed by atoms with Gasteiger partial charge in [-0.1, -0.05) is 6.07 Å². The highest BCUT2D eigenvalue weighted by Crippen LogP contribution is 2.14. The van der Waals surface area contributed by atoms with E-state index in [9.17, 15) is 13.6 Å². The highest BCUT2D eigenvalue weighted by Gasteiger charge is 2.17. The molecule has 2 aromatic rings. The van der Waals surface area contributed by atoms with Crippen molar-refractivity contribution in [3.63, 3.8) is 0 Å². The fourth-order valence-electron chi connectivity index (χ4n) is 1.75. The van der Waals surface area contributed by atoms with E-state index in [-0.39, 0.29) is 18.0 Å². The number of hydrogen-bond acceptors (Lipinski definition) is 2. The molecule has 0 spiro atoms. The second-order valence-electron chi connectivity index (χ2n) is 4.31. The van der Waals surface area contributed by atoms with Crippen LogP contribution in [0.1, 0.15) is 21.6 Å². The van der Waals surface area contributed by atoms with Gasteiger partial charge in [-0.25, -0.2) is 8.78 Å². The lowest BCUT2D eigenvalue weighted by Crippen LogP contribution is -2.26. The number of carbonyl (C=O) groups is 1. The molecular formula is C13H13F2N3O. The molecular weight excluding hydrogens is 252 g/mol. The Hall–Kier alpha value is -2.24. The largest absolute Gasteiger partial charge is 0.337 e. The van der Waals surface area contributed by atoms with E-state index in [2.05, 4.69) is 10.2 Å². The number of carbonyl (C=O) groups excluding carboxylic acids is 1. The molecule has 19 heavy (non-hydrogen) atoms. The smallest absolute Gasteiger partial charge is 0.257 e. The Kier molecular flexibility index (Phi) is 3.59. The van der Waals surface area contributed by atoms with Crippen molar-refractivity contribution in [1.82, 2.24) is 15.1 Å². The molecule has 0 fully saturated rings. The Morgan fingerprint density at radius 1 is 1.42 bits per heavy atom. The van der Waals surface area contributed by atoms with Crippen LogP contribution in [0.3, 0.4) is 0 Å². The lowest BCUT2D eigenvalue weighted by atomic mass is 10.1. The third kappa shape index (κ3) is 2.78. The molecule has 1 amide bonds. The number of nitrogens with one attached hydrogen (secondary N) is 1. The first kappa shape index (κ1) is 13.2. The Morgan fingerprint density at radius 3 is 2.74 bits per heavy atom. The van der Waals surface area contributed by atoms with Crippen molar-refractivity contribution in [2.24, 2.45) is 0 Å². The van der Waals surface area contributed by atoms with Gasteiger partial charge in [-0.05, 0) is 13.0 Å². The number of amides is 1. The van der Waals surface area contributed by atoms with Gasteiger partial charge in [-0.2, -0.15) is 5.10 Å². The summed E-state index contributed by atoms with van der Waals surface area (Å²) in [5.74, 6) is -1.57. The van der Waals surface area contributed by atoms with Crippen LogP contribution in [-0.4, -0.2) is 28.1 Å². The Morgan fingerprint density at radius 2 is 2.16 bits per heavy atom. The molecule has 2 rings (SSSR count). The first-order valence-electron chi connectivity index (χ1n) is 5.68. The van der Waals surface area contributed by atoms with Crippen molar-refractivity contribution in [3.8, 4) is 0 Å². The van der Waals surface area contributed by atoms with Gasteiger partial charge in [0.25, 0.3) is 5.91 Å². The summed E-state index contributed by atoms with van der Waals surface area (Å²) in [4.78, 5) is 13.4. The molecule has 1 heterocycles. The summed E-state index contributed by atoms with van der Waals surface area (Å²) in [6.07, 6.45) is 1.43. The monoisotopic (exact) mass is 265 g/mol. The van der Waals surface area contributed by atoms with Gasteiger partial charge in [0.15, 0.2) is 0 Å². The fraction of sp³-hybridized carbons (Fsp3) is 0.231. The summed E-state index contributed by atoms with van der Waals surface area (Å²) in [6, 6.07) is 3.30. The minimum atomic E-state index is -0.663. The second kappa shape index (κ2) is 5.17. The summed E-state index contributed by atoms with van der Waals surface area (Å²) in [5.41, 5.74) is 1.35. The summed E-state index contributed by atoms with van der Waals surface area (Å²) >= 11 is 0. The van der Waals surface area contributed by atoms with Crippen molar-refractivity contribution in [2.75, 3.05) is 7.05 Å². The van der Waals surface area contributed by atoms with Crippen LogP contribution in [-0.2, 0) is 6.54 Å². The maximum atomic E-state index is 13.5. The first-order valence-corrected chi connectivity index (χ1v) is 5.68. The fourth-order valence-corrected chi connectivity index (χ4v) is 1.75. The maximum absolute atomic E-state index is 13.5. The summed E-state index contributed by atoms with van der Waals surface area (Å²) in [5, 5.41) is 6.43. The molecule has 1 aromatic heterocycles. The van der Waals surface area contributed by atoms with E-state index in [1.807, 2.05) is 0 Å². The third-order valence-electron chi connectivity index (χ3n) is 2.83. The van der Waals surface area contributed by atoms with E-state index in [4.69, 9.17) is 0 Å². The van der Waals surface area contributed by atoms with Gasteiger partial charge in [-0.3, -0.25) is 9.89 Å². The van der Waals surface area contributed by atoms with Crippen LogP contribution in [0.5, 0.6) is 0 Å². The zero-order chi connectivity index (χ0) is 14.0. The van der Waals surface area contributed by atoms with Gasteiger partial charge in [0.1, 0.15) is 11.6 Å². The topological polar surface area (TPSA) is 49.0 Å². The number of rotatable bonds is 3. The third-order valence-corrected chi connectivity index (χ3v) is 2.83. The predicted octanol–water partition coefficient (Wildman–Crippen LogP) is 2.27. The molecule has 0 bridgehead atoms. The van der Waals surface area contributed by atoms with Crippen LogP contribution >= 0.6 is 0 Å². The van der Waals surface area contributed by atoms with E-state index in [1.54, 1.807) is 14.0 Å². The highest BCUT2D eigenvalue weighted by atomic mass is 19.1. The molecule has 0 radical (unpaired) electrons. The molecule has 100 valence electrons. The average molecular weight is 265 g/mol. The lowest BCUT2D eigenvalue weighted by Gasteiger charge is -2.17. The minimum absolute atomic E-state index is 0.0650. The number of halogens is 2. The summed E-state index contributed by atoms with van der Waals surface area (Å²) < 4.78 is 26.3. The second-order valence-corrected chi connectivity index (χ2v) is 4.31. The number of aryl methyl sites for hydroxylation is 1. The number of benzene rings is 1. The van der Waals surface area contributed by atoms with Crippen LogP contribution < -0.4 is 0 Å². The molecule has 4 nitrogen and oxygen atoms in total. The minimum Gasteiger partial charge on any atom is -0.337 e.